The van der Waals surface area contributed by atoms with E-state index in [-0.39, 0.29) is 17.0 Å². The molecule has 0 radical (unpaired) electrons. The monoisotopic (exact) mass is 471 g/mol. The highest BCUT2D eigenvalue weighted by molar-refractivity contribution is 6.04. The molecule has 2 aromatic carbocycles. The molecule has 10 nitrogen and oxygen atoms in total. The number of benzene rings is 2. The lowest BCUT2D eigenvalue weighted by Crippen LogP contribution is -2.56. The lowest BCUT2D eigenvalue weighted by atomic mass is 10.0. The molecule has 2 amide bonds. The fraction of sp³-hybridized carbons (Fsp3) is 0.417. The van der Waals surface area contributed by atoms with Crippen molar-refractivity contribution in [1.82, 2.24) is 10.4 Å². The molecule has 1 N–H and O–H groups in total. The van der Waals surface area contributed by atoms with Gasteiger partial charge in [-0.1, -0.05) is 0 Å². The highest BCUT2D eigenvalue weighted by Crippen LogP contribution is 2.41. The van der Waals surface area contributed by atoms with Gasteiger partial charge in [0, 0.05) is 16.7 Å². The van der Waals surface area contributed by atoms with Crippen LogP contribution in [-0.4, -0.2) is 49.8 Å². The molecule has 182 valence electrons. The molecular weight excluding hydrogens is 442 g/mol. The topological polar surface area (TPSA) is 116 Å². The van der Waals surface area contributed by atoms with Crippen LogP contribution in [0.2, 0.25) is 0 Å². The van der Waals surface area contributed by atoms with Crippen molar-refractivity contribution in [2.45, 2.75) is 40.2 Å². The Morgan fingerprint density at radius 2 is 1.71 bits per heavy atom. The summed E-state index contributed by atoms with van der Waals surface area (Å²) in [5, 5.41) is 4.20. The van der Waals surface area contributed by atoms with E-state index in [1.165, 1.54) is 20.3 Å². The summed E-state index contributed by atoms with van der Waals surface area (Å²) in [4.78, 5) is 38.6. The number of nitrogens with one attached hydrogen (secondary N) is 1. The van der Waals surface area contributed by atoms with Crippen molar-refractivity contribution in [1.29, 1.82) is 0 Å². The molecular formula is C24H29N3O7. The largest absolute Gasteiger partial charge is 0.496 e. The Balaban J connectivity index is 2.04. The van der Waals surface area contributed by atoms with Gasteiger partial charge in [0.25, 0.3) is 11.8 Å². The number of hydrogen-bond donors (Lipinski definition) is 1. The number of ether oxygens (including phenoxy) is 4. The van der Waals surface area contributed by atoms with E-state index in [1.807, 2.05) is 0 Å². The van der Waals surface area contributed by atoms with Gasteiger partial charge in [-0.05, 0) is 58.0 Å². The number of carbonyl (C=O) groups is 2. The molecule has 0 spiro atoms. The van der Waals surface area contributed by atoms with Gasteiger partial charge in [-0.25, -0.2) is 5.01 Å². The maximum Gasteiger partial charge on any atom is 0.275 e. The molecule has 0 aliphatic carbocycles. The smallest absolute Gasteiger partial charge is 0.275 e. The molecule has 2 aromatic rings. The third kappa shape index (κ3) is 4.48. The SMILES string of the molecule is COc1cc(C(=O)N(NC(=O)c2ccc3c(c2C)OCCO3)C(C)(C)C)c(N=O)c(OC)c1C. The Labute approximate surface area is 198 Å². The van der Waals surface area contributed by atoms with Crippen LogP contribution >= 0.6 is 0 Å². The van der Waals surface area contributed by atoms with Gasteiger partial charge in [-0.3, -0.25) is 15.0 Å². The molecule has 10 heteroatoms. The van der Waals surface area contributed by atoms with E-state index in [0.717, 1.165) is 5.01 Å². The van der Waals surface area contributed by atoms with Gasteiger partial charge in [0.1, 0.15) is 19.0 Å². The van der Waals surface area contributed by atoms with Crippen molar-refractivity contribution in [3.05, 3.63) is 45.4 Å². The standard InChI is InChI=1S/C24H29N3O7/c1-13-15(8-9-17-20(13)34-11-10-33-17)22(28)25-27(24(3,4)5)23(29)16-12-18(31-6)14(2)21(32-7)19(16)26-30/h8-9,12H,10-11H2,1-7H3,(H,25,28). The number of hydrogen-bond acceptors (Lipinski definition) is 8. The van der Waals surface area contributed by atoms with Crippen molar-refractivity contribution in [2.24, 2.45) is 5.18 Å². The minimum atomic E-state index is -0.861. The predicted octanol–water partition coefficient (Wildman–Crippen LogP) is 4.08. The van der Waals surface area contributed by atoms with Crippen molar-refractivity contribution < 1.29 is 28.5 Å². The highest BCUT2D eigenvalue weighted by atomic mass is 16.6. The Morgan fingerprint density at radius 3 is 2.29 bits per heavy atom. The number of amides is 2. The van der Waals surface area contributed by atoms with Crippen LogP contribution in [0.1, 0.15) is 52.6 Å². The van der Waals surface area contributed by atoms with E-state index in [2.05, 4.69) is 10.6 Å². The number of rotatable bonds is 5. The Morgan fingerprint density at radius 1 is 1.03 bits per heavy atom. The summed E-state index contributed by atoms with van der Waals surface area (Å²) >= 11 is 0. The van der Waals surface area contributed by atoms with Crippen LogP contribution in [0.5, 0.6) is 23.0 Å². The molecule has 0 atom stereocenters. The first-order valence-electron chi connectivity index (χ1n) is 10.7. The van der Waals surface area contributed by atoms with Gasteiger partial charge < -0.3 is 18.9 Å². The average Bonchev–Trinajstić information content (AvgIpc) is 2.81. The van der Waals surface area contributed by atoms with Crippen LogP contribution in [0.3, 0.4) is 0 Å². The summed E-state index contributed by atoms with van der Waals surface area (Å²) in [5.41, 5.74) is 3.01. The zero-order valence-electron chi connectivity index (χ0n) is 20.4. The average molecular weight is 472 g/mol. The van der Waals surface area contributed by atoms with E-state index >= 15 is 0 Å². The summed E-state index contributed by atoms with van der Waals surface area (Å²) in [6.07, 6.45) is 0. The van der Waals surface area contributed by atoms with Crippen LogP contribution in [0.25, 0.3) is 0 Å². The lowest BCUT2D eigenvalue weighted by Gasteiger charge is -2.36. The van der Waals surface area contributed by atoms with Crippen molar-refractivity contribution in [3.8, 4) is 23.0 Å². The summed E-state index contributed by atoms with van der Waals surface area (Å²) < 4.78 is 21.9. The number of nitrogens with zero attached hydrogens (tertiary/aromatic N) is 2. The first-order chi connectivity index (χ1) is 16.0. The summed E-state index contributed by atoms with van der Waals surface area (Å²) in [6, 6.07) is 4.68. The molecule has 0 bridgehead atoms. The zero-order valence-corrected chi connectivity index (χ0v) is 20.4. The molecule has 34 heavy (non-hydrogen) atoms. The maximum atomic E-state index is 13.7. The van der Waals surface area contributed by atoms with Gasteiger partial charge in [-0.2, -0.15) is 0 Å². The Hall–Kier alpha value is -3.82. The van der Waals surface area contributed by atoms with E-state index < -0.39 is 17.4 Å². The fourth-order valence-electron chi connectivity index (χ4n) is 3.74. The number of methoxy groups -OCH3 is 2. The fourth-order valence-corrected chi connectivity index (χ4v) is 3.74. The summed E-state index contributed by atoms with van der Waals surface area (Å²) in [6.45, 7) is 9.49. The molecule has 1 aliphatic rings. The third-order valence-electron chi connectivity index (χ3n) is 5.49. The number of hydrazine groups is 1. The van der Waals surface area contributed by atoms with E-state index in [4.69, 9.17) is 18.9 Å². The van der Waals surface area contributed by atoms with Gasteiger partial charge >= 0.3 is 0 Å². The molecule has 3 rings (SSSR count). The van der Waals surface area contributed by atoms with E-state index in [0.29, 0.717) is 47.2 Å². The molecule has 0 saturated carbocycles. The maximum absolute atomic E-state index is 13.7. The van der Waals surface area contributed by atoms with Crippen LogP contribution in [-0.2, 0) is 0 Å². The molecule has 0 fully saturated rings. The molecule has 1 aliphatic heterocycles. The molecule has 0 saturated heterocycles. The van der Waals surface area contributed by atoms with Crippen molar-refractivity contribution >= 4 is 17.5 Å². The summed E-state index contributed by atoms with van der Waals surface area (Å²) in [5.74, 6) is 0.347. The van der Waals surface area contributed by atoms with E-state index in [1.54, 1.807) is 46.8 Å². The molecule has 1 heterocycles. The first-order valence-corrected chi connectivity index (χ1v) is 10.7. The second-order valence-corrected chi connectivity index (χ2v) is 8.74. The minimum absolute atomic E-state index is 0.0663. The predicted molar refractivity (Wildman–Crippen MR) is 125 cm³/mol. The zero-order chi connectivity index (χ0) is 25.2. The van der Waals surface area contributed by atoms with Gasteiger partial charge in [0.2, 0.25) is 0 Å². The normalized spacial score (nSPS) is 12.6. The third-order valence-corrected chi connectivity index (χ3v) is 5.49. The van der Waals surface area contributed by atoms with Gasteiger partial charge in [0.15, 0.2) is 22.9 Å². The van der Waals surface area contributed by atoms with Crippen molar-refractivity contribution in [2.75, 3.05) is 27.4 Å². The quantitative estimate of drug-likeness (QED) is 0.516. The molecule has 0 unspecified atom stereocenters. The molecule has 0 aromatic heterocycles. The Bertz CT molecular complexity index is 1140. The highest BCUT2D eigenvalue weighted by Gasteiger charge is 2.34. The van der Waals surface area contributed by atoms with E-state index in [9.17, 15) is 14.5 Å². The Kier molecular flexibility index (Phi) is 6.99. The van der Waals surface area contributed by atoms with Crippen molar-refractivity contribution in [3.63, 3.8) is 0 Å². The van der Waals surface area contributed by atoms with Crippen LogP contribution in [0, 0.1) is 18.8 Å². The lowest BCUT2D eigenvalue weighted by molar-refractivity contribution is 0.0358. The van der Waals surface area contributed by atoms with Gasteiger partial charge in [-0.15, -0.1) is 4.91 Å². The minimum Gasteiger partial charge on any atom is -0.496 e. The first kappa shape index (κ1) is 24.8. The van der Waals surface area contributed by atoms with Gasteiger partial charge in [0.05, 0.1) is 25.3 Å². The number of fused-ring (bicyclic) bond motifs is 1. The second kappa shape index (κ2) is 9.58. The number of carbonyl (C=O) groups excluding carboxylic acids is 2. The van der Waals surface area contributed by atoms with Crippen LogP contribution < -0.4 is 24.4 Å². The second-order valence-electron chi connectivity index (χ2n) is 8.74. The summed E-state index contributed by atoms with van der Waals surface area (Å²) in [7, 11) is 2.82. The number of nitroso groups, excluding NO2 is 1. The van der Waals surface area contributed by atoms with Crippen LogP contribution in [0.4, 0.5) is 5.69 Å². The van der Waals surface area contributed by atoms with Crippen LogP contribution in [0.15, 0.2) is 23.4 Å².